The van der Waals surface area contributed by atoms with E-state index < -0.39 is 0 Å². The lowest BCUT2D eigenvalue weighted by Gasteiger charge is -2.24. The minimum Gasteiger partial charge on any atom is -0.492 e. The molecule has 24 heavy (non-hydrogen) atoms. The minimum atomic E-state index is -0.291. The van der Waals surface area contributed by atoms with Gasteiger partial charge in [-0.2, -0.15) is 0 Å². The van der Waals surface area contributed by atoms with E-state index in [0.29, 0.717) is 23.6 Å². The molecule has 0 fully saturated rings. The number of carbonyl (C=O) groups is 1. The Kier molecular flexibility index (Phi) is 4.62. The van der Waals surface area contributed by atoms with E-state index >= 15 is 0 Å². The van der Waals surface area contributed by atoms with E-state index in [1.165, 1.54) is 0 Å². The van der Waals surface area contributed by atoms with Gasteiger partial charge in [0, 0.05) is 22.8 Å². The van der Waals surface area contributed by atoms with Crippen molar-refractivity contribution in [3.8, 4) is 5.75 Å². The van der Waals surface area contributed by atoms with Gasteiger partial charge >= 0.3 is 0 Å². The van der Waals surface area contributed by atoms with Crippen LogP contribution < -0.4 is 15.6 Å². The van der Waals surface area contributed by atoms with Crippen molar-refractivity contribution in [2.45, 2.75) is 26.8 Å². The van der Waals surface area contributed by atoms with Crippen LogP contribution in [0.3, 0.4) is 0 Å². The lowest BCUT2D eigenvalue weighted by Crippen LogP contribution is -2.38. The Bertz CT molecular complexity index is 845. The van der Waals surface area contributed by atoms with Crippen LogP contribution in [0.5, 0.6) is 5.75 Å². The molecule has 1 amide bonds. The first-order valence-electron chi connectivity index (χ1n) is 7.82. The van der Waals surface area contributed by atoms with Crippen LogP contribution in [-0.2, 0) is 17.8 Å². The lowest BCUT2D eigenvalue weighted by molar-refractivity contribution is -0.126. The Morgan fingerprint density at radius 2 is 2.17 bits per heavy atom. The summed E-state index contributed by atoms with van der Waals surface area (Å²) in [5.74, 6) is 0.357. The highest BCUT2D eigenvalue weighted by molar-refractivity contribution is 6.30. The number of pyridine rings is 1. The van der Waals surface area contributed by atoms with Crippen molar-refractivity contribution in [3.05, 3.63) is 62.0 Å². The second-order valence-electron chi connectivity index (χ2n) is 6.12. The predicted molar refractivity (Wildman–Crippen MR) is 92.5 cm³/mol. The molecule has 5 nitrogen and oxygen atoms in total. The molecule has 0 bridgehead atoms. The fourth-order valence-corrected chi connectivity index (χ4v) is 3.15. The number of hydrogen-bond acceptors (Lipinski definition) is 3. The Morgan fingerprint density at radius 3 is 2.92 bits per heavy atom. The molecule has 0 saturated carbocycles. The Hall–Kier alpha value is -2.27. The van der Waals surface area contributed by atoms with Crippen molar-refractivity contribution < 1.29 is 9.53 Å². The molecule has 1 atom stereocenters. The van der Waals surface area contributed by atoms with Crippen molar-refractivity contribution >= 4 is 17.5 Å². The van der Waals surface area contributed by atoms with Crippen molar-refractivity contribution in [2.75, 3.05) is 6.61 Å². The average Bonchev–Trinajstić information content (AvgIpc) is 2.52. The summed E-state index contributed by atoms with van der Waals surface area (Å²) in [7, 11) is 0. The molecule has 126 valence electrons. The second kappa shape index (κ2) is 6.69. The normalized spacial score (nSPS) is 16.2. The van der Waals surface area contributed by atoms with E-state index in [-0.39, 0.29) is 23.9 Å². The molecule has 2 aromatic rings. The van der Waals surface area contributed by atoms with Crippen LogP contribution in [0.15, 0.2) is 29.1 Å². The summed E-state index contributed by atoms with van der Waals surface area (Å²) >= 11 is 6.00. The molecule has 0 spiro atoms. The van der Waals surface area contributed by atoms with Crippen molar-refractivity contribution in [1.29, 1.82) is 0 Å². The number of amides is 1. The lowest BCUT2D eigenvalue weighted by atomic mass is 9.96. The zero-order valence-electron chi connectivity index (χ0n) is 13.6. The van der Waals surface area contributed by atoms with Gasteiger partial charge in [-0.15, -0.1) is 0 Å². The largest absolute Gasteiger partial charge is 0.492 e. The summed E-state index contributed by atoms with van der Waals surface area (Å²) < 4.78 is 5.64. The number of carbonyl (C=O) groups excluding carboxylic acids is 1. The van der Waals surface area contributed by atoms with E-state index in [9.17, 15) is 9.59 Å². The molecular formula is C18H19ClN2O3. The summed E-state index contributed by atoms with van der Waals surface area (Å²) in [6.07, 6.45) is 0.574. The van der Waals surface area contributed by atoms with Crippen LogP contribution in [-0.4, -0.2) is 17.5 Å². The summed E-state index contributed by atoms with van der Waals surface area (Å²) in [4.78, 5) is 27.2. The number of H-pyrrole nitrogens is 1. The van der Waals surface area contributed by atoms with Crippen molar-refractivity contribution in [1.82, 2.24) is 10.3 Å². The number of aromatic nitrogens is 1. The minimum absolute atomic E-state index is 0.125. The van der Waals surface area contributed by atoms with Gasteiger partial charge in [-0.25, -0.2) is 0 Å². The summed E-state index contributed by atoms with van der Waals surface area (Å²) in [6.45, 7) is 4.23. The van der Waals surface area contributed by atoms with E-state index in [4.69, 9.17) is 16.3 Å². The number of nitrogens with one attached hydrogen (secondary N) is 2. The number of ether oxygens (including phenoxy) is 1. The van der Waals surface area contributed by atoms with Crippen LogP contribution in [0.1, 0.15) is 22.4 Å². The third kappa shape index (κ3) is 3.46. The standard InChI is InChI=1S/C18H19ClN2O3/c1-10-5-11(2)21-18(23)15(10)8-20-17(22)13-6-12-7-14(19)3-4-16(12)24-9-13/h3-5,7,13H,6,8-9H2,1-2H3,(H,20,22)(H,21,23)/t13-/m1/s1. The number of fused-ring (bicyclic) bond motifs is 1. The monoisotopic (exact) mass is 346 g/mol. The molecule has 6 heteroatoms. The highest BCUT2D eigenvalue weighted by Gasteiger charge is 2.26. The average molecular weight is 347 g/mol. The fraction of sp³-hybridized carbons (Fsp3) is 0.333. The van der Waals surface area contributed by atoms with Crippen molar-refractivity contribution in [3.63, 3.8) is 0 Å². The third-order valence-corrected chi connectivity index (χ3v) is 4.47. The molecule has 2 heterocycles. The number of halogens is 1. The summed E-state index contributed by atoms with van der Waals surface area (Å²) in [5.41, 5.74) is 3.02. The molecular weight excluding hydrogens is 328 g/mol. The molecule has 0 saturated heterocycles. The Morgan fingerprint density at radius 1 is 1.38 bits per heavy atom. The molecule has 3 rings (SSSR count). The van der Waals surface area contributed by atoms with Crippen molar-refractivity contribution in [2.24, 2.45) is 5.92 Å². The van der Waals surface area contributed by atoms with Gasteiger partial charge < -0.3 is 15.0 Å². The quantitative estimate of drug-likeness (QED) is 0.897. The van der Waals surface area contributed by atoms with Crippen LogP contribution in [0.4, 0.5) is 0 Å². The number of hydrogen-bond donors (Lipinski definition) is 2. The van der Waals surface area contributed by atoms with Gasteiger partial charge in [0.1, 0.15) is 12.4 Å². The smallest absolute Gasteiger partial charge is 0.253 e. The first kappa shape index (κ1) is 16.6. The number of rotatable bonds is 3. The molecule has 1 aliphatic rings. The number of aromatic amines is 1. The SMILES string of the molecule is Cc1cc(C)c(CNC(=O)[C@H]2COc3ccc(Cl)cc3C2)c(=O)[nH]1. The molecule has 0 aliphatic carbocycles. The summed E-state index contributed by atoms with van der Waals surface area (Å²) in [5, 5.41) is 3.47. The van der Waals surface area contributed by atoms with E-state index in [1.807, 2.05) is 32.0 Å². The van der Waals surface area contributed by atoms with Crippen LogP contribution in [0.25, 0.3) is 0 Å². The Balaban J connectivity index is 1.67. The van der Waals surface area contributed by atoms with Gasteiger partial charge in [0.2, 0.25) is 5.91 Å². The predicted octanol–water partition coefficient (Wildman–Crippen LogP) is 2.51. The molecule has 1 aliphatic heterocycles. The van der Waals surface area contributed by atoms with Gasteiger partial charge in [-0.1, -0.05) is 11.6 Å². The van der Waals surface area contributed by atoms with E-state index in [1.54, 1.807) is 6.07 Å². The summed E-state index contributed by atoms with van der Waals surface area (Å²) in [6, 6.07) is 7.31. The molecule has 1 aromatic heterocycles. The molecule has 1 aromatic carbocycles. The van der Waals surface area contributed by atoms with Crippen LogP contribution in [0.2, 0.25) is 5.02 Å². The maximum atomic E-state index is 12.4. The zero-order valence-corrected chi connectivity index (χ0v) is 14.4. The number of benzene rings is 1. The first-order chi connectivity index (χ1) is 11.4. The van der Waals surface area contributed by atoms with E-state index in [0.717, 1.165) is 22.6 Å². The van der Waals surface area contributed by atoms with Gasteiger partial charge in [-0.05, 0) is 55.7 Å². The van der Waals surface area contributed by atoms with Gasteiger partial charge in [0.05, 0.1) is 5.92 Å². The van der Waals surface area contributed by atoms with Gasteiger partial charge in [0.15, 0.2) is 0 Å². The van der Waals surface area contributed by atoms with Gasteiger partial charge in [0.25, 0.3) is 5.56 Å². The maximum absolute atomic E-state index is 12.4. The highest BCUT2D eigenvalue weighted by atomic mass is 35.5. The van der Waals surface area contributed by atoms with Gasteiger partial charge in [-0.3, -0.25) is 9.59 Å². The van der Waals surface area contributed by atoms with Crippen LogP contribution >= 0.6 is 11.6 Å². The Labute approximate surface area is 145 Å². The molecule has 2 N–H and O–H groups in total. The molecule has 0 unspecified atom stereocenters. The third-order valence-electron chi connectivity index (χ3n) is 4.23. The maximum Gasteiger partial charge on any atom is 0.253 e. The highest BCUT2D eigenvalue weighted by Crippen LogP contribution is 2.29. The fourth-order valence-electron chi connectivity index (χ4n) is 2.95. The first-order valence-corrected chi connectivity index (χ1v) is 8.20. The number of aryl methyl sites for hydroxylation is 2. The zero-order chi connectivity index (χ0) is 17.3. The molecule has 0 radical (unpaired) electrons. The van der Waals surface area contributed by atoms with E-state index in [2.05, 4.69) is 10.3 Å². The van der Waals surface area contributed by atoms with Crippen LogP contribution in [0, 0.1) is 19.8 Å². The topological polar surface area (TPSA) is 71.2 Å². The second-order valence-corrected chi connectivity index (χ2v) is 6.56.